The van der Waals surface area contributed by atoms with Gasteiger partial charge in [-0.25, -0.2) is 0 Å². The lowest BCUT2D eigenvalue weighted by Gasteiger charge is -2.10. The summed E-state index contributed by atoms with van der Waals surface area (Å²) in [7, 11) is 0. The maximum Gasteiger partial charge on any atom is 0.138 e. The van der Waals surface area contributed by atoms with Crippen molar-refractivity contribution in [1.29, 1.82) is 0 Å². The Balaban J connectivity index is 2.19. The van der Waals surface area contributed by atoms with Crippen LogP contribution in [0.2, 0.25) is 0 Å². The summed E-state index contributed by atoms with van der Waals surface area (Å²) < 4.78 is 5.43. The van der Waals surface area contributed by atoms with Gasteiger partial charge in [0.1, 0.15) is 11.7 Å². The molecule has 1 aliphatic heterocycles. The van der Waals surface area contributed by atoms with Crippen LogP contribution in [0, 0.1) is 0 Å². The third-order valence-corrected chi connectivity index (χ3v) is 3.43. The lowest BCUT2D eigenvalue weighted by atomic mass is 9.98. The van der Waals surface area contributed by atoms with Crippen molar-refractivity contribution in [3.05, 3.63) is 23.8 Å². The third kappa shape index (κ3) is 1.88. The number of hydrogen-bond acceptors (Lipinski definition) is 3. The average molecular weight is 209 g/mol. The molecule has 1 aliphatic rings. The third-order valence-electron chi connectivity index (χ3n) is 2.57. The fraction of sp³-hybridized carbons (Fsp3) is 0.455. The van der Waals surface area contributed by atoms with Crippen molar-refractivity contribution in [3.63, 3.8) is 0 Å². The molecule has 2 nitrogen and oxygen atoms in total. The summed E-state index contributed by atoms with van der Waals surface area (Å²) in [6.07, 6.45) is 1.05. The number of fused-ring (bicyclic) bond motifs is 1. The summed E-state index contributed by atoms with van der Waals surface area (Å²) in [5.74, 6) is 2.33. The van der Waals surface area contributed by atoms with E-state index < -0.39 is 0 Å². The first kappa shape index (κ1) is 9.87. The zero-order valence-electron chi connectivity index (χ0n) is 8.32. The standard InChI is InChI=1S/C11H15NOS/c1-8(4-5-12)9-2-3-10-11(6-9)14-7-13-10/h2-3,6,8H,4-5,7,12H2,1H3. The topological polar surface area (TPSA) is 35.2 Å². The molecular weight excluding hydrogens is 194 g/mol. The molecule has 0 aromatic heterocycles. The number of hydrogen-bond donors (Lipinski definition) is 1. The lowest BCUT2D eigenvalue weighted by Crippen LogP contribution is -2.04. The molecule has 0 bridgehead atoms. The normalized spacial score (nSPS) is 16.1. The maximum atomic E-state index is 5.55. The van der Waals surface area contributed by atoms with Crippen LogP contribution in [-0.2, 0) is 0 Å². The molecule has 2 rings (SSSR count). The van der Waals surface area contributed by atoms with Gasteiger partial charge in [0, 0.05) is 0 Å². The molecule has 0 saturated heterocycles. The van der Waals surface area contributed by atoms with Gasteiger partial charge in [0.2, 0.25) is 0 Å². The summed E-state index contributed by atoms with van der Waals surface area (Å²) >= 11 is 1.76. The second-order valence-electron chi connectivity index (χ2n) is 3.59. The van der Waals surface area contributed by atoms with Crippen molar-refractivity contribution in [2.75, 3.05) is 12.5 Å². The Morgan fingerprint density at radius 1 is 1.57 bits per heavy atom. The van der Waals surface area contributed by atoms with Crippen molar-refractivity contribution in [1.82, 2.24) is 0 Å². The number of rotatable bonds is 3. The number of ether oxygens (including phenoxy) is 1. The van der Waals surface area contributed by atoms with E-state index in [1.165, 1.54) is 10.5 Å². The molecule has 0 spiro atoms. The maximum absolute atomic E-state index is 5.55. The molecule has 1 aromatic rings. The van der Waals surface area contributed by atoms with E-state index in [-0.39, 0.29) is 0 Å². The van der Waals surface area contributed by atoms with Crippen LogP contribution < -0.4 is 10.5 Å². The molecule has 3 heteroatoms. The fourth-order valence-electron chi connectivity index (χ4n) is 1.64. The first-order valence-electron chi connectivity index (χ1n) is 4.91. The summed E-state index contributed by atoms with van der Waals surface area (Å²) in [5.41, 5.74) is 6.92. The molecule has 0 saturated carbocycles. The number of benzene rings is 1. The molecule has 0 radical (unpaired) electrons. The van der Waals surface area contributed by atoms with E-state index in [0.717, 1.165) is 24.7 Å². The Bertz CT molecular complexity index is 327. The molecule has 1 atom stereocenters. The van der Waals surface area contributed by atoms with Crippen LogP contribution in [0.1, 0.15) is 24.8 Å². The largest absolute Gasteiger partial charge is 0.481 e. The predicted molar refractivity (Wildman–Crippen MR) is 59.9 cm³/mol. The van der Waals surface area contributed by atoms with Gasteiger partial charge in [-0.05, 0) is 36.6 Å². The lowest BCUT2D eigenvalue weighted by molar-refractivity contribution is 0.397. The summed E-state index contributed by atoms with van der Waals surface area (Å²) in [5, 5.41) is 0. The van der Waals surface area contributed by atoms with Crippen LogP contribution in [0.5, 0.6) is 5.75 Å². The predicted octanol–water partition coefficient (Wildman–Crippen LogP) is 2.58. The summed E-state index contributed by atoms with van der Waals surface area (Å²) in [4.78, 5) is 1.27. The first-order chi connectivity index (χ1) is 6.81. The van der Waals surface area contributed by atoms with Crippen LogP contribution >= 0.6 is 11.8 Å². The summed E-state index contributed by atoms with van der Waals surface area (Å²) in [6.45, 7) is 2.97. The van der Waals surface area contributed by atoms with E-state index in [4.69, 9.17) is 10.5 Å². The van der Waals surface area contributed by atoms with Gasteiger partial charge in [0.25, 0.3) is 0 Å². The van der Waals surface area contributed by atoms with Crippen LogP contribution in [0.15, 0.2) is 23.1 Å². The molecular formula is C11H15NOS. The minimum absolute atomic E-state index is 0.548. The van der Waals surface area contributed by atoms with E-state index in [2.05, 4.69) is 25.1 Å². The van der Waals surface area contributed by atoms with E-state index in [1.54, 1.807) is 11.8 Å². The monoisotopic (exact) mass is 209 g/mol. The number of nitrogens with two attached hydrogens (primary N) is 1. The average Bonchev–Trinajstić information content (AvgIpc) is 2.64. The Labute approximate surface area is 88.8 Å². The highest BCUT2D eigenvalue weighted by Gasteiger charge is 2.14. The molecule has 1 unspecified atom stereocenters. The van der Waals surface area contributed by atoms with Gasteiger partial charge in [0.15, 0.2) is 0 Å². The van der Waals surface area contributed by atoms with Crippen molar-refractivity contribution in [2.45, 2.75) is 24.2 Å². The zero-order chi connectivity index (χ0) is 9.97. The smallest absolute Gasteiger partial charge is 0.138 e. The molecule has 2 N–H and O–H groups in total. The highest BCUT2D eigenvalue weighted by Crippen LogP contribution is 2.38. The summed E-state index contributed by atoms with van der Waals surface area (Å²) in [6, 6.07) is 6.44. The van der Waals surface area contributed by atoms with Gasteiger partial charge in [-0.2, -0.15) is 0 Å². The van der Waals surface area contributed by atoms with E-state index in [0.29, 0.717) is 5.92 Å². The van der Waals surface area contributed by atoms with Crippen molar-refractivity contribution in [2.24, 2.45) is 5.73 Å². The molecule has 0 amide bonds. The second-order valence-corrected chi connectivity index (χ2v) is 4.56. The van der Waals surface area contributed by atoms with Crippen LogP contribution in [0.3, 0.4) is 0 Å². The van der Waals surface area contributed by atoms with Gasteiger partial charge in [0.05, 0.1) is 4.90 Å². The van der Waals surface area contributed by atoms with Gasteiger partial charge in [-0.1, -0.05) is 24.8 Å². The molecule has 76 valence electrons. The van der Waals surface area contributed by atoms with E-state index in [9.17, 15) is 0 Å². The van der Waals surface area contributed by atoms with Gasteiger partial charge in [-0.3, -0.25) is 0 Å². The zero-order valence-corrected chi connectivity index (χ0v) is 9.14. The van der Waals surface area contributed by atoms with Crippen molar-refractivity contribution >= 4 is 11.8 Å². The quantitative estimate of drug-likeness (QED) is 0.831. The molecule has 0 fully saturated rings. The Morgan fingerprint density at radius 2 is 2.43 bits per heavy atom. The molecule has 14 heavy (non-hydrogen) atoms. The Kier molecular flexibility index (Phi) is 2.99. The fourth-order valence-corrected chi connectivity index (χ4v) is 2.44. The van der Waals surface area contributed by atoms with Crippen LogP contribution in [0.25, 0.3) is 0 Å². The Hall–Kier alpha value is -0.670. The molecule has 0 aliphatic carbocycles. The second kappa shape index (κ2) is 4.24. The van der Waals surface area contributed by atoms with Gasteiger partial charge >= 0.3 is 0 Å². The first-order valence-corrected chi connectivity index (χ1v) is 5.89. The van der Waals surface area contributed by atoms with Crippen molar-refractivity contribution < 1.29 is 4.74 Å². The number of thioether (sulfide) groups is 1. The molecule has 1 heterocycles. The highest BCUT2D eigenvalue weighted by molar-refractivity contribution is 7.99. The van der Waals surface area contributed by atoms with Crippen molar-refractivity contribution in [3.8, 4) is 5.75 Å². The van der Waals surface area contributed by atoms with Crippen LogP contribution in [-0.4, -0.2) is 12.5 Å². The van der Waals surface area contributed by atoms with Gasteiger partial charge in [-0.15, -0.1) is 0 Å². The SMILES string of the molecule is CC(CCN)c1ccc2c(c1)SCO2. The minimum atomic E-state index is 0.548. The minimum Gasteiger partial charge on any atom is -0.481 e. The van der Waals surface area contributed by atoms with E-state index in [1.807, 2.05) is 0 Å². The highest BCUT2D eigenvalue weighted by atomic mass is 32.2. The van der Waals surface area contributed by atoms with Gasteiger partial charge < -0.3 is 10.5 Å². The molecule has 1 aromatic carbocycles. The van der Waals surface area contributed by atoms with Crippen LogP contribution in [0.4, 0.5) is 0 Å². The Morgan fingerprint density at radius 3 is 3.21 bits per heavy atom. The van der Waals surface area contributed by atoms with E-state index >= 15 is 0 Å².